The van der Waals surface area contributed by atoms with Gasteiger partial charge in [0.05, 0.1) is 12.1 Å². The number of nitrogens with zero attached hydrogens (tertiary/aromatic N) is 2. The lowest BCUT2D eigenvalue weighted by atomic mass is 9.99. The van der Waals surface area contributed by atoms with Crippen LogP contribution < -0.4 is 10.6 Å². The van der Waals surface area contributed by atoms with Crippen LogP contribution in [0.1, 0.15) is 18.6 Å². The van der Waals surface area contributed by atoms with Gasteiger partial charge in [-0.15, -0.1) is 0 Å². The lowest BCUT2D eigenvalue weighted by molar-refractivity contribution is -0.122. The van der Waals surface area contributed by atoms with Gasteiger partial charge in [0.1, 0.15) is 5.82 Å². The first kappa shape index (κ1) is 9.14. The van der Waals surface area contributed by atoms with E-state index in [9.17, 15) is 4.79 Å². The predicted molar refractivity (Wildman–Crippen MR) is 49.5 cm³/mol. The number of hydrogen-bond donors (Lipinski definition) is 3. The highest BCUT2D eigenvalue weighted by Gasteiger charge is 2.34. The number of carbonyl (C=O) groups is 1. The summed E-state index contributed by atoms with van der Waals surface area (Å²) < 4.78 is 0. The Hall–Kier alpha value is -1.43. The second-order valence-electron chi connectivity index (χ2n) is 3.71. The molecule has 1 aliphatic heterocycles. The molecule has 1 unspecified atom stereocenters. The number of hydrogen-bond acceptors (Lipinski definition) is 4. The average Bonchev–Trinajstić information content (AvgIpc) is 2.58. The number of aryl methyl sites for hydroxylation is 1. The third-order valence-electron chi connectivity index (χ3n) is 2.37. The molecule has 1 saturated heterocycles. The molecule has 0 aromatic carbocycles. The third-order valence-corrected chi connectivity index (χ3v) is 2.37. The van der Waals surface area contributed by atoms with Gasteiger partial charge in [-0.05, 0) is 13.8 Å². The summed E-state index contributed by atoms with van der Waals surface area (Å²) in [5, 5.41) is 12.8. The zero-order chi connectivity index (χ0) is 10.2. The Morgan fingerprint density at radius 1 is 1.50 bits per heavy atom. The summed E-state index contributed by atoms with van der Waals surface area (Å²) in [6, 6.07) is 0. The van der Waals surface area contributed by atoms with E-state index in [-0.39, 0.29) is 11.4 Å². The summed E-state index contributed by atoms with van der Waals surface area (Å²) in [5.74, 6) is 1.48. The number of carbonyl (C=O) groups excluding carboxylic acids is 1. The zero-order valence-corrected chi connectivity index (χ0v) is 8.22. The van der Waals surface area contributed by atoms with Gasteiger partial charge in [-0.1, -0.05) is 0 Å². The van der Waals surface area contributed by atoms with Crippen LogP contribution in [0.3, 0.4) is 0 Å². The van der Waals surface area contributed by atoms with Crippen LogP contribution in [0.25, 0.3) is 0 Å². The molecule has 0 radical (unpaired) electrons. The van der Waals surface area contributed by atoms with Gasteiger partial charge in [0.2, 0.25) is 5.91 Å². The molecular formula is C8H13N5O. The van der Waals surface area contributed by atoms with Crippen LogP contribution in [0.4, 0.5) is 0 Å². The maximum Gasteiger partial charge on any atom is 0.234 e. The van der Waals surface area contributed by atoms with Crippen molar-refractivity contribution in [2.24, 2.45) is 0 Å². The van der Waals surface area contributed by atoms with E-state index in [1.807, 2.05) is 13.8 Å². The van der Waals surface area contributed by atoms with E-state index in [1.54, 1.807) is 0 Å². The van der Waals surface area contributed by atoms with Crippen molar-refractivity contribution in [3.05, 3.63) is 11.6 Å². The van der Waals surface area contributed by atoms with E-state index in [0.717, 1.165) is 5.82 Å². The summed E-state index contributed by atoms with van der Waals surface area (Å²) in [5.41, 5.74) is -0.362. The van der Waals surface area contributed by atoms with Crippen LogP contribution in [-0.2, 0) is 10.3 Å². The highest BCUT2D eigenvalue weighted by Crippen LogP contribution is 2.17. The van der Waals surface area contributed by atoms with Gasteiger partial charge in [0.15, 0.2) is 5.82 Å². The topological polar surface area (TPSA) is 82.7 Å². The Labute approximate surface area is 81.5 Å². The van der Waals surface area contributed by atoms with Crippen molar-refractivity contribution in [2.75, 3.05) is 13.1 Å². The lowest BCUT2D eigenvalue weighted by Gasteiger charge is -2.32. The molecule has 1 aliphatic rings. The van der Waals surface area contributed by atoms with Crippen molar-refractivity contribution in [2.45, 2.75) is 19.4 Å². The van der Waals surface area contributed by atoms with Gasteiger partial charge in [-0.2, -0.15) is 5.10 Å². The highest BCUT2D eigenvalue weighted by atomic mass is 16.2. The molecule has 1 fully saturated rings. The molecule has 1 amide bonds. The first-order valence-corrected chi connectivity index (χ1v) is 4.51. The molecule has 14 heavy (non-hydrogen) atoms. The normalized spacial score (nSPS) is 27.4. The standard InChI is InChI=1S/C8H13N5O/c1-5-11-7(13-12-5)8(2)4-9-6(14)3-10-8/h10H,3-4H2,1-2H3,(H,9,14)(H,11,12,13). The van der Waals surface area contributed by atoms with Gasteiger partial charge < -0.3 is 5.32 Å². The van der Waals surface area contributed by atoms with Crippen LogP contribution in [-0.4, -0.2) is 34.2 Å². The van der Waals surface area contributed by atoms with Crippen LogP contribution >= 0.6 is 0 Å². The summed E-state index contributed by atoms with van der Waals surface area (Å²) in [6.45, 7) is 4.64. The largest absolute Gasteiger partial charge is 0.353 e. The van der Waals surface area contributed by atoms with Crippen molar-refractivity contribution in [3.63, 3.8) is 0 Å². The molecule has 3 N–H and O–H groups in total. The molecule has 76 valence electrons. The minimum Gasteiger partial charge on any atom is -0.353 e. The summed E-state index contributed by atoms with van der Waals surface area (Å²) in [6.07, 6.45) is 0. The molecule has 6 nitrogen and oxygen atoms in total. The van der Waals surface area contributed by atoms with E-state index < -0.39 is 0 Å². The fraction of sp³-hybridized carbons (Fsp3) is 0.625. The molecule has 1 aromatic heterocycles. The quantitative estimate of drug-likeness (QED) is 0.539. The Bertz CT molecular complexity index is 348. The van der Waals surface area contributed by atoms with E-state index in [4.69, 9.17) is 0 Å². The first-order valence-electron chi connectivity index (χ1n) is 4.51. The maximum atomic E-state index is 11.0. The lowest BCUT2D eigenvalue weighted by Crippen LogP contribution is -2.58. The van der Waals surface area contributed by atoms with Crippen molar-refractivity contribution in [1.82, 2.24) is 25.8 Å². The average molecular weight is 195 g/mol. The molecule has 2 rings (SSSR count). The van der Waals surface area contributed by atoms with Crippen LogP contribution in [0.2, 0.25) is 0 Å². The second-order valence-corrected chi connectivity index (χ2v) is 3.71. The van der Waals surface area contributed by atoms with E-state index >= 15 is 0 Å². The minimum absolute atomic E-state index is 0.00901. The van der Waals surface area contributed by atoms with E-state index in [2.05, 4.69) is 25.8 Å². The number of aromatic amines is 1. The van der Waals surface area contributed by atoms with Crippen molar-refractivity contribution in [3.8, 4) is 0 Å². The summed E-state index contributed by atoms with van der Waals surface area (Å²) >= 11 is 0. The fourth-order valence-electron chi connectivity index (χ4n) is 1.42. The number of aromatic nitrogens is 3. The molecule has 6 heteroatoms. The molecule has 2 heterocycles. The summed E-state index contributed by atoms with van der Waals surface area (Å²) in [4.78, 5) is 15.2. The van der Waals surface area contributed by atoms with Gasteiger partial charge in [-0.25, -0.2) is 4.98 Å². The van der Waals surface area contributed by atoms with E-state index in [0.29, 0.717) is 18.9 Å². The number of amides is 1. The highest BCUT2D eigenvalue weighted by molar-refractivity contribution is 5.79. The minimum atomic E-state index is -0.362. The predicted octanol–water partition coefficient (Wildman–Crippen LogP) is -0.952. The van der Waals surface area contributed by atoms with Crippen LogP contribution in [0.15, 0.2) is 0 Å². The monoisotopic (exact) mass is 195 g/mol. The fourth-order valence-corrected chi connectivity index (χ4v) is 1.42. The molecular weight excluding hydrogens is 182 g/mol. The molecule has 1 atom stereocenters. The maximum absolute atomic E-state index is 11.0. The van der Waals surface area contributed by atoms with Gasteiger partial charge in [0, 0.05) is 6.54 Å². The Morgan fingerprint density at radius 3 is 2.79 bits per heavy atom. The smallest absolute Gasteiger partial charge is 0.234 e. The Morgan fingerprint density at radius 2 is 2.29 bits per heavy atom. The van der Waals surface area contributed by atoms with E-state index in [1.165, 1.54) is 0 Å². The van der Waals surface area contributed by atoms with Crippen LogP contribution in [0.5, 0.6) is 0 Å². The number of piperazine rings is 1. The van der Waals surface area contributed by atoms with Crippen molar-refractivity contribution >= 4 is 5.91 Å². The molecule has 1 aromatic rings. The van der Waals surface area contributed by atoms with Gasteiger partial charge in [-0.3, -0.25) is 15.2 Å². The molecule has 0 saturated carbocycles. The SMILES string of the molecule is Cc1nc(C2(C)CNC(=O)CN2)n[nH]1. The third kappa shape index (κ3) is 1.48. The first-order chi connectivity index (χ1) is 6.60. The van der Waals surface area contributed by atoms with Crippen molar-refractivity contribution < 1.29 is 4.79 Å². The van der Waals surface area contributed by atoms with Crippen molar-refractivity contribution in [1.29, 1.82) is 0 Å². The Kier molecular flexibility index (Phi) is 1.99. The molecule has 0 spiro atoms. The number of H-pyrrole nitrogens is 1. The van der Waals surface area contributed by atoms with Crippen LogP contribution in [0, 0.1) is 6.92 Å². The van der Waals surface area contributed by atoms with Gasteiger partial charge in [0.25, 0.3) is 0 Å². The number of nitrogens with one attached hydrogen (secondary N) is 3. The Balaban J connectivity index is 2.20. The number of rotatable bonds is 1. The molecule has 0 aliphatic carbocycles. The second kappa shape index (κ2) is 3.06. The molecule has 0 bridgehead atoms. The van der Waals surface area contributed by atoms with Gasteiger partial charge >= 0.3 is 0 Å². The zero-order valence-electron chi connectivity index (χ0n) is 8.22. The summed E-state index contributed by atoms with van der Waals surface area (Å²) in [7, 11) is 0.